The molecule has 0 aromatic heterocycles. The van der Waals surface area contributed by atoms with E-state index in [1.54, 1.807) is 11.8 Å². The van der Waals surface area contributed by atoms with Crippen molar-refractivity contribution in [1.29, 1.82) is 0 Å². The highest BCUT2D eigenvalue weighted by Crippen LogP contribution is 2.34. The first-order valence-corrected chi connectivity index (χ1v) is 7.77. The molecule has 0 spiro atoms. The van der Waals surface area contributed by atoms with Crippen LogP contribution in [0.4, 0.5) is 0 Å². The van der Waals surface area contributed by atoms with Crippen LogP contribution in [0.5, 0.6) is 11.5 Å². The molecule has 2 rings (SSSR count). The fraction of sp³-hybridized carbons (Fsp3) is 0.500. The highest BCUT2D eigenvalue weighted by atomic mass is 32.2. The topological polar surface area (TPSA) is 21.7 Å². The number of ether oxygens (including phenoxy) is 2. The van der Waals surface area contributed by atoms with Gasteiger partial charge in [-0.05, 0) is 44.2 Å². The van der Waals surface area contributed by atoms with Gasteiger partial charge in [-0.2, -0.15) is 0 Å². The van der Waals surface area contributed by atoms with Gasteiger partial charge in [0.1, 0.15) is 4.32 Å². The Morgan fingerprint density at radius 2 is 2.05 bits per heavy atom. The summed E-state index contributed by atoms with van der Waals surface area (Å²) in [7, 11) is 2.05. The van der Waals surface area contributed by atoms with Crippen molar-refractivity contribution >= 4 is 28.3 Å². The number of hydrogen-bond donors (Lipinski definition) is 0. The predicted octanol–water partition coefficient (Wildman–Crippen LogP) is 3.32. The lowest BCUT2D eigenvalue weighted by Gasteiger charge is -2.37. The Bertz CT molecular complexity index is 488. The second kappa shape index (κ2) is 5.59. The number of fused-ring (bicyclic) bond motifs is 1. The molecule has 0 amide bonds. The van der Waals surface area contributed by atoms with Crippen LogP contribution in [-0.2, 0) is 6.42 Å². The van der Waals surface area contributed by atoms with Crippen LogP contribution in [0.25, 0.3) is 0 Å². The summed E-state index contributed by atoms with van der Waals surface area (Å²) < 4.78 is 11.7. The molecular formula is C14H19NO2S2. The SMILES string of the molecule is CSC(=S)N(C)C(C)(C)Cc1ccc2c(c1)OCO2. The Morgan fingerprint density at radius 3 is 2.74 bits per heavy atom. The van der Waals surface area contributed by atoms with Crippen molar-refractivity contribution in [2.75, 3.05) is 20.1 Å². The molecule has 0 radical (unpaired) electrons. The standard InChI is InChI=1S/C14H19NO2S2/c1-14(2,15(3)13(18)19-4)8-10-5-6-11-12(7-10)17-9-16-11/h5-7H,8-9H2,1-4H3. The average molecular weight is 297 g/mol. The maximum atomic E-state index is 5.42. The van der Waals surface area contributed by atoms with Crippen LogP contribution < -0.4 is 9.47 Å². The van der Waals surface area contributed by atoms with Crippen LogP contribution in [0.3, 0.4) is 0 Å². The van der Waals surface area contributed by atoms with E-state index in [0.717, 1.165) is 22.2 Å². The molecule has 0 atom stereocenters. The summed E-state index contributed by atoms with van der Waals surface area (Å²) in [6.07, 6.45) is 2.91. The minimum Gasteiger partial charge on any atom is -0.454 e. The molecule has 1 aromatic carbocycles. The average Bonchev–Trinajstić information content (AvgIpc) is 2.83. The van der Waals surface area contributed by atoms with Crippen molar-refractivity contribution in [2.45, 2.75) is 25.8 Å². The van der Waals surface area contributed by atoms with Gasteiger partial charge in [-0.25, -0.2) is 0 Å². The molecule has 1 aromatic rings. The lowest BCUT2D eigenvalue weighted by molar-refractivity contribution is 0.174. The Kier molecular flexibility index (Phi) is 4.26. The molecule has 0 aliphatic carbocycles. The number of benzene rings is 1. The monoisotopic (exact) mass is 297 g/mol. The van der Waals surface area contributed by atoms with Gasteiger partial charge in [-0.3, -0.25) is 0 Å². The first-order valence-electron chi connectivity index (χ1n) is 6.14. The van der Waals surface area contributed by atoms with Crippen LogP contribution in [0, 0.1) is 0 Å². The zero-order valence-electron chi connectivity index (χ0n) is 11.7. The summed E-state index contributed by atoms with van der Waals surface area (Å²) in [5, 5.41) is 0. The summed E-state index contributed by atoms with van der Waals surface area (Å²) in [5.74, 6) is 1.66. The van der Waals surface area contributed by atoms with Gasteiger partial charge in [0.05, 0.1) is 0 Å². The maximum Gasteiger partial charge on any atom is 0.231 e. The normalized spacial score (nSPS) is 13.5. The molecule has 0 fully saturated rings. The summed E-state index contributed by atoms with van der Waals surface area (Å²) in [4.78, 5) is 2.15. The van der Waals surface area contributed by atoms with Gasteiger partial charge in [-0.15, -0.1) is 11.8 Å². The predicted molar refractivity (Wildman–Crippen MR) is 84.2 cm³/mol. The number of rotatable bonds is 3. The van der Waals surface area contributed by atoms with Crippen molar-refractivity contribution in [2.24, 2.45) is 0 Å². The Hall–Kier alpha value is -0.940. The second-order valence-electron chi connectivity index (χ2n) is 5.21. The van der Waals surface area contributed by atoms with Crippen LogP contribution in [0.2, 0.25) is 0 Å². The van der Waals surface area contributed by atoms with E-state index < -0.39 is 0 Å². The van der Waals surface area contributed by atoms with E-state index in [0.29, 0.717) is 6.79 Å². The van der Waals surface area contributed by atoms with E-state index in [-0.39, 0.29) is 5.54 Å². The molecule has 0 N–H and O–H groups in total. The molecule has 0 bridgehead atoms. The Labute approximate surface area is 124 Å². The molecule has 1 heterocycles. The van der Waals surface area contributed by atoms with Crippen LogP contribution >= 0.6 is 24.0 Å². The van der Waals surface area contributed by atoms with E-state index >= 15 is 0 Å². The third-order valence-electron chi connectivity index (χ3n) is 3.43. The van der Waals surface area contributed by atoms with Crippen molar-refractivity contribution in [1.82, 2.24) is 4.90 Å². The minimum absolute atomic E-state index is 0.0339. The molecule has 104 valence electrons. The zero-order valence-corrected chi connectivity index (χ0v) is 13.4. The quantitative estimate of drug-likeness (QED) is 0.796. The fourth-order valence-corrected chi connectivity index (χ4v) is 2.82. The molecule has 5 heteroatoms. The van der Waals surface area contributed by atoms with Crippen LogP contribution in [0.1, 0.15) is 19.4 Å². The van der Waals surface area contributed by atoms with E-state index in [9.17, 15) is 0 Å². The molecule has 19 heavy (non-hydrogen) atoms. The van der Waals surface area contributed by atoms with Gasteiger partial charge in [0.25, 0.3) is 0 Å². The molecule has 0 unspecified atom stereocenters. The van der Waals surface area contributed by atoms with Crippen LogP contribution in [0.15, 0.2) is 18.2 Å². The summed E-state index contributed by atoms with van der Waals surface area (Å²) >= 11 is 6.97. The zero-order chi connectivity index (χ0) is 14.0. The van der Waals surface area contributed by atoms with E-state index in [1.807, 2.05) is 19.4 Å². The van der Waals surface area contributed by atoms with E-state index in [2.05, 4.69) is 30.9 Å². The number of likely N-dealkylation sites (N-methyl/N-ethyl adjacent to an activating group) is 1. The Morgan fingerprint density at radius 1 is 1.37 bits per heavy atom. The molecule has 1 aliphatic rings. The van der Waals surface area contributed by atoms with E-state index in [1.165, 1.54) is 5.56 Å². The summed E-state index contributed by atoms with van der Waals surface area (Å²) in [5.41, 5.74) is 1.19. The number of thioether (sulfide) groups is 1. The Balaban J connectivity index is 2.13. The molecular weight excluding hydrogens is 278 g/mol. The summed E-state index contributed by atoms with van der Waals surface area (Å²) in [6, 6.07) is 6.12. The van der Waals surface area contributed by atoms with Crippen LogP contribution in [-0.4, -0.2) is 34.9 Å². The highest BCUT2D eigenvalue weighted by Gasteiger charge is 2.26. The molecule has 1 aliphatic heterocycles. The van der Waals surface area contributed by atoms with Gasteiger partial charge >= 0.3 is 0 Å². The van der Waals surface area contributed by atoms with Gasteiger partial charge in [0, 0.05) is 12.6 Å². The van der Waals surface area contributed by atoms with Gasteiger partial charge < -0.3 is 14.4 Å². The van der Waals surface area contributed by atoms with Gasteiger partial charge in [0.2, 0.25) is 6.79 Å². The second-order valence-corrected chi connectivity index (χ2v) is 6.65. The lowest BCUT2D eigenvalue weighted by Crippen LogP contribution is -2.44. The first kappa shape index (κ1) is 14.5. The van der Waals surface area contributed by atoms with Gasteiger partial charge in [0.15, 0.2) is 11.5 Å². The van der Waals surface area contributed by atoms with Crippen molar-refractivity contribution in [3.8, 4) is 11.5 Å². The smallest absolute Gasteiger partial charge is 0.231 e. The number of hydrogen-bond acceptors (Lipinski definition) is 4. The number of thiocarbonyl (C=S) groups is 1. The molecule has 0 saturated carbocycles. The largest absolute Gasteiger partial charge is 0.454 e. The summed E-state index contributed by atoms with van der Waals surface area (Å²) in [6.45, 7) is 4.71. The fourth-order valence-electron chi connectivity index (χ4n) is 2.05. The van der Waals surface area contributed by atoms with Crippen molar-refractivity contribution in [3.63, 3.8) is 0 Å². The first-order chi connectivity index (χ1) is 8.94. The molecule has 3 nitrogen and oxygen atoms in total. The van der Waals surface area contributed by atoms with E-state index in [4.69, 9.17) is 21.7 Å². The molecule has 0 saturated heterocycles. The number of nitrogens with zero attached hydrogens (tertiary/aromatic N) is 1. The highest BCUT2D eigenvalue weighted by molar-refractivity contribution is 8.22. The third-order valence-corrected chi connectivity index (χ3v) is 4.83. The minimum atomic E-state index is -0.0339. The van der Waals surface area contributed by atoms with Crippen molar-refractivity contribution < 1.29 is 9.47 Å². The lowest BCUT2D eigenvalue weighted by atomic mass is 9.93. The maximum absolute atomic E-state index is 5.42. The third kappa shape index (κ3) is 3.15. The van der Waals surface area contributed by atoms with Crippen molar-refractivity contribution in [3.05, 3.63) is 23.8 Å². The van der Waals surface area contributed by atoms with Gasteiger partial charge in [-0.1, -0.05) is 18.3 Å².